The third kappa shape index (κ3) is 4.46. The smallest absolute Gasteiger partial charge is 0.259 e. The van der Waals surface area contributed by atoms with Crippen molar-refractivity contribution >= 4 is 40.4 Å². The molecular weight excluding hydrogens is 350 g/mol. The number of hydrogen-bond acceptors (Lipinski definition) is 3. The molecule has 0 unspecified atom stereocenters. The summed E-state index contributed by atoms with van der Waals surface area (Å²) >= 11 is 5.78. The second kappa shape index (κ2) is 8.27. The molecule has 0 fully saturated rings. The van der Waals surface area contributed by atoms with E-state index in [0.29, 0.717) is 10.6 Å². The molecule has 3 rings (SSSR count). The van der Waals surface area contributed by atoms with Crippen LogP contribution in [-0.4, -0.2) is 24.6 Å². The maximum absolute atomic E-state index is 11.9. The summed E-state index contributed by atoms with van der Waals surface area (Å²) in [5.41, 5.74) is 3.74. The fourth-order valence-electron chi connectivity index (χ4n) is 2.44. The Morgan fingerprint density at radius 1 is 0.962 bits per heavy atom. The fraction of sp³-hybridized carbons (Fsp3) is 0.0500. The van der Waals surface area contributed by atoms with Crippen molar-refractivity contribution in [2.75, 3.05) is 6.54 Å². The van der Waals surface area contributed by atoms with Crippen LogP contribution in [0.4, 0.5) is 0 Å². The molecule has 0 radical (unpaired) electrons. The van der Waals surface area contributed by atoms with Gasteiger partial charge in [-0.25, -0.2) is 5.43 Å². The summed E-state index contributed by atoms with van der Waals surface area (Å²) < 4.78 is 0. The van der Waals surface area contributed by atoms with E-state index >= 15 is 0 Å². The van der Waals surface area contributed by atoms with Crippen molar-refractivity contribution in [3.05, 3.63) is 82.9 Å². The molecule has 26 heavy (non-hydrogen) atoms. The van der Waals surface area contributed by atoms with E-state index in [-0.39, 0.29) is 12.5 Å². The van der Waals surface area contributed by atoms with Crippen LogP contribution in [0, 0.1) is 0 Å². The highest BCUT2D eigenvalue weighted by Crippen LogP contribution is 2.16. The van der Waals surface area contributed by atoms with Gasteiger partial charge < -0.3 is 5.32 Å². The maximum atomic E-state index is 11.9. The first-order valence-electron chi connectivity index (χ1n) is 7.97. The molecule has 130 valence electrons. The monoisotopic (exact) mass is 365 g/mol. The average Bonchev–Trinajstić information content (AvgIpc) is 2.67. The second-order valence-electron chi connectivity index (χ2n) is 5.55. The molecule has 0 bridgehead atoms. The van der Waals surface area contributed by atoms with Crippen LogP contribution in [0.3, 0.4) is 0 Å². The second-order valence-corrected chi connectivity index (χ2v) is 5.99. The van der Waals surface area contributed by atoms with Crippen LogP contribution in [0.5, 0.6) is 0 Å². The number of halogens is 1. The number of hydrogen-bond donors (Lipinski definition) is 2. The summed E-state index contributed by atoms with van der Waals surface area (Å²) in [6.07, 6.45) is 1.58. The minimum absolute atomic E-state index is 0.172. The number of nitrogens with zero attached hydrogens (tertiary/aromatic N) is 1. The van der Waals surface area contributed by atoms with Gasteiger partial charge in [0.05, 0.1) is 12.8 Å². The molecule has 0 saturated heterocycles. The Kier molecular flexibility index (Phi) is 5.61. The van der Waals surface area contributed by atoms with Gasteiger partial charge in [-0.3, -0.25) is 9.59 Å². The zero-order valence-electron chi connectivity index (χ0n) is 13.8. The summed E-state index contributed by atoms with van der Waals surface area (Å²) in [7, 11) is 0. The van der Waals surface area contributed by atoms with E-state index < -0.39 is 5.91 Å². The number of amides is 2. The average molecular weight is 366 g/mol. The fourth-order valence-corrected chi connectivity index (χ4v) is 2.57. The van der Waals surface area contributed by atoms with Gasteiger partial charge >= 0.3 is 0 Å². The number of carbonyl (C=O) groups excluding carboxylic acids is 2. The minimum atomic E-state index is -0.413. The highest BCUT2D eigenvalue weighted by Gasteiger charge is 2.07. The van der Waals surface area contributed by atoms with Gasteiger partial charge in [0.1, 0.15) is 0 Å². The molecule has 0 aromatic heterocycles. The highest BCUT2D eigenvalue weighted by atomic mass is 35.5. The standard InChI is InChI=1S/C20H16ClN3O2/c21-17-10-8-15(9-11-17)20(26)22-13-19(25)24-23-12-16-6-3-5-14-4-1-2-7-18(14)16/h1-12H,13H2,(H,22,26)(H,24,25)/b23-12-. The van der Waals surface area contributed by atoms with Gasteiger partial charge in [0, 0.05) is 16.1 Å². The Bertz CT molecular complexity index is 963. The topological polar surface area (TPSA) is 70.6 Å². The zero-order chi connectivity index (χ0) is 18.4. The van der Waals surface area contributed by atoms with E-state index in [1.807, 2.05) is 42.5 Å². The molecule has 0 aliphatic heterocycles. The number of carbonyl (C=O) groups is 2. The van der Waals surface area contributed by atoms with E-state index in [1.165, 1.54) is 0 Å². The number of benzene rings is 3. The van der Waals surface area contributed by atoms with Crippen molar-refractivity contribution < 1.29 is 9.59 Å². The van der Waals surface area contributed by atoms with Gasteiger partial charge in [-0.05, 0) is 35.0 Å². The van der Waals surface area contributed by atoms with Crippen LogP contribution in [0.15, 0.2) is 71.8 Å². The molecule has 6 heteroatoms. The van der Waals surface area contributed by atoms with E-state index in [9.17, 15) is 9.59 Å². The molecule has 3 aromatic rings. The van der Waals surface area contributed by atoms with Crippen molar-refractivity contribution in [2.24, 2.45) is 5.10 Å². The molecule has 0 atom stereocenters. The van der Waals surface area contributed by atoms with Crippen LogP contribution in [0.1, 0.15) is 15.9 Å². The Balaban J connectivity index is 1.54. The Morgan fingerprint density at radius 3 is 2.50 bits per heavy atom. The Hall–Kier alpha value is -3.18. The van der Waals surface area contributed by atoms with E-state index in [0.717, 1.165) is 16.3 Å². The molecule has 0 heterocycles. The lowest BCUT2D eigenvalue weighted by molar-refractivity contribution is -0.120. The van der Waals surface area contributed by atoms with Crippen molar-refractivity contribution in [1.82, 2.24) is 10.7 Å². The summed E-state index contributed by atoms with van der Waals surface area (Å²) in [5, 5.41) is 9.17. The quantitative estimate of drug-likeness (QED) is 0.537. The minimum Gasteiger partial charge on any atom is -0.343 e. The van der Waals surface area contributed by atoms with Gasteiger partial charge in [0.2, 0.25) is 0 Å². The molecule has 0 aliphatic carbocycles. The van der Waals surface area contributed by atoms with Crippen molar-refractivity contribution in [3.8, 4) is 0 Å². The largest absolute Gasteiger partial charge is 0.343 e. The van der Waals surface area contributed by atoms with Crippen molar-refractivity contribution in [3.63, 3.8) is 0 Å². The predicted octanol–water partition coefficient (Wildman–Crippen LogP) is 3.37. The first kappa shape index (κ1) is 17.6. The van der Waals surface area contributed by atoms with Gasteiger partial charge in [-0.15, -0.1) is 0 Å². The lowest BCUT2D eigenvalue weighted by atomic mass is 10.1. The number of hydrazone groups is 1. The molecule has 3 aromatic carbocycles. The van der Waals surface area contributed by atoms with Gasteiger partial charge in [-0.2, -0.15) is 5.10 Å². The van der Waals surface area contributed by atoms with E-state index in [1.54, 1.807) is 30.5 Å². The molecule has 2 N–H and O–H groups in total. The zero-order valence-corrected chi connectivity index (χ0v) is 14.5. The van der Waals surface area contributed by atoms with Crippen LogP contribution in [0.2, 0.25) is 5.02 Å². The third-order valence-corrected chi connectivity index (χ3v) is 3.98. The highest BCUT2D eigenvalue weighted by molar-refractivity contribution is 6.30. The molecular formula is C20H16ClN3O2. The van der Waals surface area contributed by atoms with Gasteiger partial charge in [0.25, 0.3) is 11.8 Å². The van der Waals surface area contributed by atoms with Crippen LogP contribution in [-0.2, 0) is 4.79 Å². The summed E-state index contributed by atoms with van der Waals surface area (Å²) in [6, 6.07) is 20.2. The maximum Gasteiger partial charge on any atom is 0.259 e. The van der Waals surface area contributed by atoms with E-state index in [2.05, 4.69) is 15.8 Å². The Labute approximate surface area is 155 Å². The van der Waals surface area contributed by atoms with Crippen LogP contribution >= 0.6 is 11.6 Å². The summed E-state index contributed by atoms with van der Waals surface area (Å²) in [6.45, 7) is -0.172. The lowest BCUT2D eigenvalue weighted by Crippen LogP contribution is -2.34. The third-order valence-electron chi connectivity index (χ3n) is 3.73. The number of rotatable bonds is 5. The van der Waals surface area contributed by atoms with Crippen LogP contribution < -0.4 is 10.7 Å². The van der Waals surface area contributed by atoms with Gasteiger partial charge in [-0.1, -0.05) is 54.1 Å². The van der Waals surface area contributed by atoms with Gasteiger partial charge in [0.15, 0.2) is 0 Å². The molecule has 0 saturated carbocycles. The molecule has 2 amide bonds. The van der Waals surface area contributed by atoms with Crippen molar-refractivity contribution in [2.45, 2.75) is 0 Å². The van der Waals surface area contributed by atoms with Crippen LogP contribution in [0.25, 0.3) is 10.8 Å². The summed E-state index contributed by atoms with van der Waals surface area (Å²) in [4.78, 5) is 23.8. The molecule has 0 aliphatic rings. The summed E-state index contributed by atoms with van der Waals surface area (Å²) in [5.74, 6) is -0.765. The number of nitrogens with one attached hydrogen (secondary N) is 2. The first-order chi connectivity index (χ1) is 12.6. The predicted molar refractivity (Wildman–Crippen MR) is 103 cm³/mol. The number of fused-ring (bicyclic) bond motifs is 1. The first-order valence-corrected chi connectivity index (χ1v) is 8.35. The normalized spacial score (nSPS) is 10.8. The molecule has 5 nitrogen and oxygen atoms in total. The van der Waals surface area contributed by atoms with Crippen molar-refractivity contribution in [1.29, 1.82) is 0 Å². The SMILES string of the molecule is O=C(CNC(=O)c1ccc(Cl)cc1)N/N=C\c1cccc2ccccc12. The molecule has 0 spiro atoms. The Morgan fingerprint density at radius 2 is 1.69 bits per heavy atom. The van der Waals surface area contributed by atoms with E-state index in [4.69, 9.17) is 11.6 Å². The lowest BCUT2D eigenvalue weighted by Gasteiger charge is -2.05.